The molecular formula is C14H15O2P. The molecule has 1 unspecified atom stereocenters. The molecule has 0 N–H and O–H groups in total. The van der Waals surface area contributed by atoms with Crippen molar-refractivity contribution in [3.8, 4) is 5.30 Å². The highest BCUT2D eigenvalue weighted by molar-refractivity contribution is 7.58. The Hall–Kier alpha value is -1.53. The third kappa shape index (κ3) is 2.13. The maximum absolute atomic E-state index is 11.9. The van der Waals surface area contributed by atoms with Crippen molar-refractivity contribution in [1.29, 1.82) is 0 Å². The van der Waals surface area contributed by atoms with Crippen molar-refractivity contribution >= 4 is 13.5 Å². The number of hydrogen-bond acceptors (Lipinski definition) is 2. The summed E-state index contributed by atoms with van der Waals surface area (Å²) >= 11 is 0. The number of hydrogen-bond donors (Lipinski definition) is 0. The van der Waals surface area contributed by atoms with Crippen LogP contribution in [0.3, 0.4) is 0 Å². The molecule has 0 amide bonds. The molecule has 1 aromatic carbocycles. The average molecular weight is 246 g/mol. The second-order valence-corrected chi connectivity index (χ2v) is 5.94. The van der Waals surface area contributed by atoms with Crippen molar-refractivity contribution in [2.24, 2.45) is 0 Å². The fraction of sp³-hybridized carbons (Fsp3) is 0.214. The SMILES string of the molecule is COC(=O)c1c(C)c(C)cp1-c1ccccc1. The first-order valence-electron chi connectivity index (χ1n) is 5.47. The van der Waals surface area contributed by atoms with Crippen molar-refractivity contribution in [3.05, 3.63) is 52.6 Å². The number of benzene rings is 1. The highest BCUT2D eigenvalue weighted by Gasteiger charge is 2.19. The van der Waals surface area contributed by atoms with Gasteiger partial charge in [-0.2, -0.15) is 0 Å². The van der Waals surface area contributed by atoms with Crippen LogP contribution in [0.15, 0.2) is 36.1 Å². The lowest BCUT2D eigenvalue weighted by Crippen LogP contribution is -2.00. The predicted molar refractivity (Wildman–Crippen MR) is 71.3 cm³/mol. The summed E-state index contributed by atoms with van der Waals surface area (Å²) in [5.74, 6) is 1.98. The van der Waals surface area contributed by atoms with Crippen LogP contribution in [0.4, 0.5) is 0 Å². The van der Waals surface area contributed by atoms with Crippen molar-refractivity contribution < 1.29 is 9.53 Å². The Morgan fingerprint density at radius 2 is 1.82 bits per heavy atom. The van der Waals surface area contributed by atoms with Gasteiger partial charge >= 0.3 is 5.97 Å². The van der Waals surface area contributed by atoms with Gasteiger partial charge in [0.1, 0.15) is 0 Å². The Kier molecular flexibility index (Phi) is 3.35. The highest BCUT2D eigenvalue weighted by Crippen LogP contribution is 2.47. The van der Waals surface area contributed by atoms with Crippen LogP contribution in [0.25, 0.3) is 5.30 Å². The van der Waals surface area contributed by atoms with Gasteiger partial charge in [0.25, 0.3) is 0 Å². The van der Waals surface area contributed by atoms with E-state index < -0.39 is 7.53 Å². The van der Waals surface area contributed by atoms with Gasteiger partial charge in [0.05, 0.1) is 12.4 Å². The number of methoxy groups -OCH3 is 1. The zero-order chi connectivity index (χ0) is 12.4. The molecule has 0 spiro atoms. The molecule has 0 fully saturated rings. The quantitative estimate of drug-likeness (QED) is 0.747. The molecule has 0 aliphatic rings. The summed E-state index contributed by atoms with van der Waals surface area (Å²) in [4.78, 5) is 11.9. The molecular weight excluding hydrogens is 231 g/mol. The lowest BCUT2D eigenvalue weighted by Gasteiger charge is -2.05. The molecule has 0 saturated heterocycles. The lowest BCUT2D eigenvalue weighted by molar-refractivity contribution is 0.0605. The van der Waals surface area contributed by atoms with Crippen LogP contribution in [0.1, 0.15) is 21.2 Å². The lowest BCUT2D eigenvalue weighted by atomic mass is 10.2. The molecule has 17 heavy (non-hydrogen) atoms. The number of carbonyl (C=O) groups excluding carboxylic acids is 1. The Morgan fingerprint density at radius 3 is 2.41 bits per heavy atom. The molecule has 3 heteroatoms. The minimum absolute atomic E-state index is 0.203. The Morgan fingerprint density at radius 1 is 1.18 bits per heavy atom. The van der Waals surface area contributed by atoms with Gasteiger partial charge in [-0.05, 0) is 36.1 Å². The Bertz CT molecular complexity index is 541. The van der Waals surface area contributed by atoms with Crippen molar-refractivity contribution in [1.82, 2.24) is 0 Å². The molecule has 2 aromatic rings. The van der Waals surface area contributed by atoms with E-state index in [9.17, 15) is 4.79 Å². The zero-order valence-corrected chi connectivity index (χ0v) is 11.1. The van der Waals surface area contributed by atoms with E-state index in [0.717, 1.165) is 10.9 Å². The van der Waals surface area contributed by atoms with E-state index >= 15 is 0 Å². The van der Waals surface area contributed by atoms with E-state index in [1.807, 2.05) is 32.0 Å². The van der Waals surface area contributed by atoms with Crippen LogP contribution in [-0.2, 0) is 4.74 Å². The van der Waals surface area contributed by atoms with Gasteiger partial charge < -0.3 is 4.74 Å². The molecule has 0 aliphatic heterocycles. The molecule has 1 aromatic heterocycles. The maximum Gasteiger partial charge on any atom is 0.342 e. The van der Waals surface area contributed by atoms with Crippen LogP contribution in [0.5, 0.6) is 0 Å². The maximum atomic E-state index is 11.9. The topological polar surface area (TPSA) is 26.3 Å². The predicted octanol–water partition coefficient (Wildman–Crippen LogP) is 4.07. The normalized spacial score (nSPS) is 11.4. The first kappa shape index (κ1) is 11.9. The summed E-state index contributed by atoms with van der Waals surface area (Å²) in [6, 6.07) is 10.1. The van der Waals surface area contributed by atoms with E-state index in [4.69, 9.17) is 4.74 Å². The molecule has 0 radical (unpaired) electrons. The summed E-state index contributed by atoms with van der Waals surface area (Å²) in [5, 5.41) is 2.02. The summed E-state index contributed by atoms with van der Waals surface area (Å²) in [7, 11) is 0.755. The Balaban J connectivity index is 2.62. The van der Waals surface area contributed by atoms with Crippen LogP contribution >= 0.6 is 7.53 Å². The minimum Gasteiger partial charge on any atom is -0.465 e. The van der Waals surface area contributed by atoms with Gasteiger partial charge in [0.15, 0.2) is 0 Å². The van der Waals surface area contributed by atoms with Gasteiger partial charge in [-0.1, -0.05) is 37.9 Å². The van der Waals surface area contributed by atoms with Gasteiger partial charge in [-0.15, -0.1) is 0 Å². The summed E-state index contributed by atoms with van der Waals surface area (Å²) in [6.07, 6.45) is 0. The average Bonchev–Trinajstić information content (AvgIpc) is 2.66. The van der Waals surface area contributed by atoms with Crippen molar-refractivity contribution in [3.63, 3.8) is 0 Å². The molecule has 2 nitrogen and oxygen atoms in total. The van der Waals surface area contributed by atoms with E-state index in [1.165, 1.54) is 18.0 Å². The fourth-order valence-corrected chi connectivity index (χ4v) is 4.30. The van der Waals surface area contributed by atoms with Gasteiger partial charge in [-0.25, -0.2) is 4.79 Å². The fourth-order valence-electron chi connectivity index (χ4n) is 1.86. The zero-order valence-electron chi connectivity index (χ0n) is 10.2. The van der Waals surface area contributed by atoms with Crippen LogP contribution in [0.2, 0.25) is 0 Å². The van der Waals surface area contributed by atoms with Gasteiger partial charge in [0, 0.05) is 0 Å². The first-order valence-corrected chi connectivity index (χ1v) is 6.88. The molecule has 2 rings (SSSR count). The third-order valence-electron chi connectivity index (χ3n) is 2.92. The molecule has 88 valence electrons. The molecule has 0 bridgehead atoms. The van der Waals surface area contributed by atoms with Gasteiger partial charge in [0.2, 0.25) is 0 Å². The second kappa shape index (κ2) is 4.77. The van der Waals surface area contributed by atoms with Gasteiger partial charge in [-0.3, -0.25) is 0 Å². The highest BCUT2D eigenvalue weighted by atomic mass is 31.1. The van der Waals surface area contributed by atoms with E-state index in [-0.39, 0.29) is 5.97 Å². The molecule has 0 aliphatic carbocycles. The Labute approximate surface area is 102 Å². The first-order chi connectivity index (χ1) is 8.15. The molecule has 0 saturated carbocycles. The standard InChI is InChI=1S/C14H15O2P/c1-10-9-17(12-7-5-4-6-8-12)13(11(10)2)14(15)16-3/h4-9H,1-3H3. The summed E-state index contributed by atoms with van der Waals surface area (Å²) in [6.45, 7) is 4.03. The van der Waals surface area contributed by atoms with Crippen molar-refractivity contribution in [2.75, 3.05) is 7.11 Å². The number of esters is 1. The number of ether oxygens (including phenoxy) is 1. The van der Waals surface area contributed by atoms with Crippen LogP contribution in [0, 0.1) is 13.8 Å². The number of aryl methyl sites for hydroxylation is 1. The second-order valence-electron chi connectivity index (χ2n) is 3.98. The van der Waals surface area contributed by atoms with E-state index in [1.54, 1.807) is 0 Å². The molecule has 1 heterocycles. The minimum atomic E-state index is -0.685. The smallest absolute Gasteiger partial charge is 0.342 e. The summed E-state index contributed by atoms with van der Waals surface area (Å²) < 4.78 is 4.89. The van der Waals surface area contributed by atoms with E-state index in [0.29, 0.717) is 0 Å². The number of carbonyl (C=O) groups is 1. The third-order valence-corrected chi connectivity index (χ3v) is 5.42. The molecule has 1 atom stereocenters. The van der Waals surface area contributed by atoms with E-state index in [2.05, 4.69) is 17.9 Å². The monoisotopic (exact) mass is 246 g/mol. The van der Waals surface area contributed by atoms with Crippen LogP contribution in [-0.4, -0.2) is 13.1 Å². The summed E-state index contributed by atoms with van der Waals surface area (Å²) in [5.41, 5.74) is 2.24. The van der Waals surface area contributed by atoms with Crippen molar-refractivity contribution in [2.45, 2.75) is 13.8 Å². The number of rotatable bonds is 2. The largest absolute Gasteiger partial charge is 0.465 e. The van der Waals surface area contributed by atoms with Crippen LogP contribution < -0.4 is 0 Å².